The molecule has 24 heavy (non-hydrogen) atoms. The topological polar surface area (TPSA) is 73.3 Å². The number of likely N-dealkylation sites (N-methyl/N-ethyl adjacent to an activating group) is 1. The number of rotatable bonds is 6. The van der Waals surface area contributed by atoms with Gasteiger partial charge in [0, 0.05) is 45.5 Å². The van der Waals surface area contributed by atoms with Gasteiger partial charge in [0.2, 0.25) is 5.95 Å². The van der Waals surface area contributed by atoms with Gasteiger partial charge in [0.25, 0.3) is 0 Å². The molecular weight excluding hydrogens is 304 g/mol. The van der Waals surface area contributed by atoms with E-state index in [1.54, 1.807) is 6.20 Å². The van der Waals surface area contributed by atoms with Crippen LogP contribution in [0.2, 0.25) is 0 Å². The first-order valence-corrected chi connectivity index (χ1v) is 8.21. The van der Waals surface area contributed by atoms with Crippen molar-refractivity contribution in [3.05, 3.63) is 30.6 Å². The summed E-state index contributed by atoms with van der Waals surface area (Å²) in [6.45, 7) is 5.30. The molecule has 3 heterocycles. The molecule has 2 aromatic heterocycles. The molecule has 0 aromatic carbocycles. The van der Waals surface area contributed by atoms with Gasteiger partial charge in [-0.25, -0.2) is 4.98 Å². The van der Waals surface area contributed by atoms with E-state index in [0.29, 0.717) is 5.95 Å². The Bertz CT molecular complexity index is 625. The number of anilines is 3. The molecule has 0 saturated carbocycles. The van der Waals surface area contributed by atoms with Gasteiger partial charge in [0.05, 0.1) is 6.20 Å². The monoisotopic (exact) mass is 328 g/mol. The van der Waals surface area contributed by atoms with Crippen molar-refractivity contribution in [2.24, 2.45) is 0 Å². The van der Waals surface area contributed by atoms with E-state index in [9.17, 15) is 0 Å². The van der Waals surface area contributed by atoms with Gasteiger partial charge in [-0.15, -0.1) is 5.10 Å². The predicted octanol–water partition coefficient (Wildman–Crippen LogP) is 0.567. The summed E-state index contributed by atoms with van der Waals surface area (Å²) >= 11 is 0. The van der Waals surface area contributed by atoms with Crippen molar-refractivity contribution < 1.29 is 0 Å². The van der Waals surface area contributed by atoms with Crippen molar-refractivity contribution >= 4 is 17.6 Å². The van der Waals surface area contributed by atoms with E-state index < -0.39 is 0 Å². The molecule has 2 aromatic rings. The van der Waals surface area contributed by atoms with E-state index in [1.165, 1.54) is 0 Å². The van der Waals surface area contributed by atoms with E-state index in [1.807, 2.05) is 38.5 Å². The molecule has 1 fully saturated rings. The minimum absolute atomic E-state index is 0.686. The third kappa shape index (κ3) is 4.29. The van der Waals surface area contributed by atoms with Crippen LogP contribution in [0.15, 0.2) is 30.6 Å². The van der Waals surface area contributed by atoms with Crippen LogP contribution in [0.25, 0.3) is 0 Å². The van der Waals surface area contributed by atoms with Crippen LogP contribution < -0.4 is 15.1 Å². The van der Waals surface area contributed by atoms with Crippen LogP contribution in [0.3, 0.4) is 0 Å². The lowest BCUT2D eigenvalue weighted by Crippen LogP contribution is -2.47. The Morgan fingerprint density at radius 1 is 1.12 bits per heavy atom. The first kappa shape index (κ1) is 16.4. The number of hydrogen-bond acceptors (Lipinski definition) is 8. The molecule has 3 rings (SSSR count). The van der Waals surface area contributed by atoms with Gasteiger partial charge in [-0.05, 0) is 26.2 Å². The van der Waals surface area contributed by atoms with Crippen molar-refractivity contribution in [2.45, 2.75) is 0 Å². The summed E-state index contributed by atoms with van der Waals surface area (Å²) in [4.78, 5) is 15.6. The lowest BCUT2D eigenvalue weighted by molar-refractivity contribution is 0.425. The Balaban J connectivity index is 1.56. The highest BCUT2D eigenvalue weighted by Gasteiger charge is 2.20. The molecule has 1 aliphatic rings. The quantitative estimate of drug-likeness (QED) is 0.825. The Morgan fingerprint density at radius 2 is 1.92 bits per heavy atom. The summed E-state index contributed by atoms with van der Waals surface area (Å²) in [5, 5.41) is 11.6. The maximum Gasteiger partial charge on any atom is 0.247 e. The molecule has 0 unspecified atom stereocenters. The van der Waals surface area contributed by atoms with Crippen molar-refractivity contribution in [1.82, 2.24) is 25.1 Å². The number of nitrogens with zero attached hydrogens (tertiary/aromatic N) is 7. The number of aromatic nitrogens is 4. The molecule has 8 nitrogen and oxygen atoms in total. The molecule has 8 heteroatoms. The summed E-state index contributed by atoms with van der Waals surface area (Å²) in [7, 11) is 4.10. The zero-order chi connectivity index (χ0) is 16.8. The summed E-state index contributed by atoms with van der Waals surface area (Å²) in [6.07, 6.45) is 3.50. The summed E-state index contributed by atoms with van der Waals surface area (Å²) < 4.78 is 0. The molecule has 0 radical (unpaired) electrons. The first-order valence-electron chi connectivity index (χ1n) is 8.21. The van der Waals surface area contributed by atoms with Gasteiger partial charge in [-0.3, -0.25) is 0 Å². The van der Waals surface area contributed by atoms with Crippen LogP contribution in [-0.4, -0.2) is 78.4 Å². The van der Waals surface area contributed by atoms with Crippen LogP contribution in [0.5, 0.6) is 0 Å². The van der Waals surface area contributed by atoms with Gasteiger partial charge in [-0.2, -0.15) is 10.1 Å². The zero-order valence-electron chi connectivity index (χ0n) is 14.3. The lowest BCUT2D eigenvalue weighted by Gasteiger charge is -2.35. The SMILES string of the molecule is CN(C)CCNc1cnnc(N2CCN(c3ccccn3)CC2)n1. The minimum Gasteiger partial charge on any atom is -0.367 e. The highest BCUT2D eigenvalue weighted by molar-refractivity contribution is 5.43. The molecule has 0 atom stereocenters. The first-order chi connectivity index (χ1) is 11.7. The molecule has 0 bridgehead atoms. The van der Waals surface area contributed by atoms with Gasteiger partial charge in [-0.1, -0.05) is 6.07 Å². The van der Waals surface area contributed by atoms with E-state index in [-0.39, 0.29) is 0 Å². The summed E-state index contributed by atoms with van der Waals surface area (Å²) in [5.74, 6) is 2.48. The average Bonchev–Trinajstić information content (AvgIpc) is 2.63. The fourth-order valence-corrected chi connectivity index (χ4v) is 2.60. The number of pyridine rings is 1. The zero-order valence-corrected chi connectivity index (χ0v) is 14.3. The van der Waals surface area contributed by atoms with E-state index in [4.69, 9.17) is 0 Å². The van der Waals surface area contributed by atoms with Crippen LogP contribution >= 0.6 is 0 Å². The van der Waals surface area contributed by atoms with Crippen molar-refractivity contribution in [3.8, 4) is 0 Å². The van der Waals surface area contributed by atoms with E-state index in [2.05, 4.69) is 40.2 Å². The largest absolute Gasteiger partial charge is 0.367 e. The summed E-state index contributed by atoms with van der Waals surface area (Å²) in [5.41, 5.74) is 0. The molecular formula is C16H24N8. The second-order valence-corrected chi connectivity index (χ2v) is 6.03. The van der Waals surface area contributed by atoms with Gasteiger partial charge < -0.3 is 20.0 Å². The van der Waals surface area contributed by atoms with Gasteiger partial charge in [0.1, 0.15) is 5.82 Å². The predicted molar refractivity (Wildman–Crippen MR) is 95.5 cm³/mol. The normalized spacial score (nSPS) is 15.0. The molecule has 1 N–H and O–H groups in total. The third-order valence-corrected chi connectivity index (χ3v) is 3.95. The highest BCUT2D eigenvalue weighted by Crippen LogP contribution is 2.16. The summed E-state index contributed by atoms with van der Waals surface area (Å²) in [6, 6.07) is 6.00. The smallest absolute Gasteiger partial charge is 0.247 e. The van der Waals surface area contributed by atoms with Crippen molar-refractivity contribution in [2.75, 3.05) is 68.5 Å². The molecule has 0 spiro atoms. The van der Waals surface area contributed by atoms with Crippen LogP contribution in [0, 0.1) is 0 Å². The standard InChI is InChI=1S/C16H24N8/c1-22(2)8-7-17-14-13-19-21-16(20-14)24-11-9-23(10-12-24)15-5-3-4-6-18-15/h3-6,13H,7-12H2,1-2H3,(H,17,20,21). The van der Waals surface area contributed by atoms with Gasteiger partial charge in [0.15, 0.2) is 5.82 Å². The molecule has 1 aliphatic heterocycles. The molecule has 0 amide bonds. The lowest BCUT2D eigenvalue weighted by atomic mass is 10.3. The van der Waals surface area contributed by atoms with E-state index in [0.717, 1.165) is 50.9 Å². The van der Waals surface area contributed by atoms with Crippen molar-refractivity contribution in [3.63, 3.8) is 0 Å². The number of piperazine rings is 1. The van der Waals surface area contributed by atoms with Gasteiger partial charge >= 0.3 is 0 Å². The van der Waals surface area contributed by atoms with E-state index >= 15 is 0 Å². The average molecular weight is 328 g/mol. The molecule has 0 aliphatic carbocycles. The minimum atomic E-state index is 0.686. The fraction of sp³-hybridized carbons (Fsp3) is 0.500. The second-order valence-electron chi connectivity index (χ2n) is 6.03. The number of hydrogen-bond donors (Lipinski definition) is 1. The highest BCUT2D eigenvalue weighted by atomic mass is 15.4. The Labute approximate surface area is 142 Å². The maximum atomic E-state index is 4.58. The Morgan fingerprint density at radius 3 is 2.62 bits per heavy atom. The molecule has 128 valence electrons. The molecule has 1 saturated heterocycles. The maximum absolute atomic E-state index is 4.58. The fourth-order valence-electron chi connectivity index (χ4n) is 2.60. The Kier molecular flexibility index (Phi) is 5.37. The van der Waals surface area contributed by atoms with Crippen LogP contribution in [0.1, 0.15) is 0 Å². The number of nitrogens with one attached hydrogen (secondary N) is 1. The van der Waals surface area contributed by atoms with Crippen molar-refractivity contribution in [1.29, 1.82) is 0 Å². The second kappa shape index (κ2) is 7.87. The third-order valence-electron chi connectivity index (χ3n) is 3.95. The Hall–Kier alpha value is -2.48. The van der Waals surface area contributed by atoms with Crippen LogP contribution in [0.4, 0.5) is 17.6 Å². The van der Waals surface area contributed by atoms with Crippen LogP contribution in [-0.2, 0) is 0 Å².